The number of aromatic nitrogens is 1. The standard InChI is InChI=1S/C22H25ClN2O4.C8H7ClO/c1-14(24-12-19(26)15-5-3-6-17(23)10-15)9-16-11-25-22-18(16)7-4-8-20(22)29-13-21(27)28-2;9-7-3-1-2-6(4-7)8-5-10-8/h3-8,10-11,14,19,24-26H,9,12-13H2,1-2H3;1-4,8H,5H2/t14?,19-;8-/m00/s1. The number of aromatic amines is 1. The number of carbonyl (C=O) groups excluding carboxylic acids is 1. The molecule has 0 aliphatic carbocycles. The molecule has 1 unspecified atom stereocenters. The largest absolute Gasteiger partial charge is 0.480 e. The van der Waals surface area contributed by atoms with E-state index in [1.54, 1.807) is 12.1 Å². The predicted molar refractivity (Wildman–Crippen MR) is 154 cm³/mol. The lowest BCUT2D eigenvalue weighted by atomic mass is 10.0. The maximum atomic E-state index is 11.3. The first-order valence-corrected chi connectivity index (χ1v) is 13.4. The number of H-pyrrole nitrogens is 1. The van der Waals surface area contributed by atoms with Gasteiger partial charge in [-0.05, 0) is 60.4 Å². The van der Waals surface area contributed by atoms with E-state index in [4.69, 9.17) is 32.7 Å². The van der Waals surface area contributed by atoms with Gasteiger partial charge in [-0.1, -0.05) is 59.6 Å². The number of para-hydroxylation sites is 1. The van der Waals surface area contributed by atoms with Crippen LogP contribution in [0.5, 0.6) is 5.75 Å². The van der Waals surface area contributed by atoms with Crippen molar-refractivity contribution in [3.63, 3.8) is 0 Å². The van der Waals surface area contributed by atoms with Gasteiger partial charge < -0.3 is 29.6 Å². The molecule has 206 valence electrons. The minimum absolute atomic E-state index is 0.136. The van der Waals surface area contributed by atoms with E-state index in [0.29, 0.717) is 23.4 Å². The molecule has 0 bridgehead atoms. The molecule has 9 heteroatoms. The Labute approximate surface area is 238 Å². The first-order valence-electron chi connectivity index (χ1n) is 12.7. The van der Waals surface area contributed by atoms with Crippen LogP contribution >= 0.6 is 23.2 Å². The Bertz CT molecular complexity index is 1390. The van der Waals surface area contributed by atoms with E-state index in [-0.39, 0.29) is 12.6 Å². The van der Waals surface area contributed by atoms with Crippen molar-refractivity contribution in [2.24, 2.45) is 0 Å². The maximum Gasteiger partial charge on any atom is 0.343 e. The number of aliphatic hydroxyl groups is 1. The summed E-state index contributed by atoms with van der Waals surface area (Å²) in [5, 5.41) is 16.2. The summed E-state index contributed by atoms with van der Waals surface area (Å²) in [4.78, 5) is 14.6. The molecule has 3 atom stereocenters. The number of rotatable bonds is 10. The quantitative estimate of drug-likeness (QED) is 0.159. The third-order valence-electron chi connectivity index (χ3n) is 6.31. The lowest BCUT2D eigenvalue weighted by Crippen LogP contribution is -2.32. The average molecular weight is 572 g/mol. The van der Waals surface area contributed by atoms with E-state index in [0.717, 1.165) is 40.1 Å². The molecule has 3 N–H and O–H groups in total. The summed E-state index contributed by atoms with van der Waals surface area (Å²) < 4.78 is 15.3. The topological polar surface area (TPSA) is 96.1 Å². The molecule has 0 radical (unpaired) electrons. The Morgan fingerprint density at radius 2 is 1.85 bits per heavy atom. The second-order valence-corrected chi connectivity index (χ2v) is 10.2. The number of benzene rings is 3. The van der Waals surface area contributed by atoms with Gasteiger partial charge in [-0.25, -0.2) is 4.79 Å². The first kappa shape index (κ1) is 28.9. The highest BCUT2D eigenvalue weighted by Gasteiger charge is 2.24. The van der Waals surface area contributed by atoms with Crippen LogP contribution in [0.25, 0.3) is 10.9 Å². The number of aliphatic hydroxyl groups excluding tert-OH is 1. The number of nitrogens with one attached hydrogen (secondary N) is 2. The molecule has 1 aromatic heterocycles. The van der Waals surface area contributed by atoms with Crippen LogP contribution in [0.1, 0.15) is 35.8 Å². The molecule has 0 spiro atoms. The minimum atomic E-state index is -0.627. The van der Waals surface area contributed by atoms with Crippen LogP contribution in [0, 0.1) is 0 Å². The van der Waals surface area contributed by atoms with Crippen molar-refractivity contribution in [3.8, 4) is 5.75 Å². The van der Waals surface area contributed by atoms with E-state index in [1.165, 1.54) is 12.7 Å². The van der Waals surface area contributed by atoms with Gasteiger partial charge in [0.1, 0.15) is 11.9 Å². The molecule has 1 aliphatic rings. The molecule has 1 fully saturated rings. The molecule has 7 nitrogen and oxygen atoms in total. The van der Waals surface area contributed by atoms with E-state index >= 15 is 0 Å². The van der Waals surface area contributed by atoms with Gasteiger partial charge in [-0.15, -0.1) is 0 Å². The highest BCUT2D eigenvalue weighted by Crippen LogP contribution is 2.31. The van der Waals surface area contributed by atoms with Crippen LogP contribution in [0.2, 0.25) is 10.0 Å². The summed E-state index contributed by atoms with van der Waals surface area (Å²) in [5.74, 6) is 0.181. The van der Waals surface area contributed by atoms with Crippen LogP contribution in [-0.4, -0.2) is 49.0 Å². The Kier molecular flexibility index (Phi) is 10.3. The number of esters is 1. The fourth-order valence-corrected chi connectivity index (χ4v) is 4.56. The van der Waals surface area contributed by atoms with E-state index < -0.39 is 12.1 Å². The molecular formula is C30H32Cl2N2O5. The van der Waals surface area contributed by atoms with Gasteiger partial charge in [0.15, 0.2) is 6.61 Å². The fraction of sp³-hybridized carbons (Fsp3) is 0.300. The number of hydrogen-bond donors (Lipinski definition) is 3. The normalized spacial score (nSPS) is 15.7. The van der Waals surface area contributed by atoms with Gasteiger partial charge in [0.25, 0.3) is 0 Å². The second-order valence-electron chi connectivity index (χ2n) is 9.32. The zero-order valence-corrected chi connectivity index (χ0v) is 23.3. The number of carbonyl (C=O) groups is 1. The van der Waals surface area contributed by atoms with Crippen molar-refractivity contribution in [1.82, 2.24) is 10.3 Å². The average Bonchev–Trinajstić information content (AvgIpc) is 3.72. The fourth-order valence-electron chi connectivity index (χ4n) is 4.16. The number of epoxide rings is 1. The Morgan fingerprint density at radius 3 is 2.54 bits per heavy atom. The molecule has 1 saturated heterocycles. The van der Waals surface area contributed by atoms with E-state index in [2.05, 4.69) is 22.0 Å². The third kappa shape index (κ3) is 8.46. The summed E-state index contributed by atoms with van der Waals surface area (Å²) in [7, 11) is 1.33. The number of hydrogen-bond acceptors (Lipinski definition) is 6. The highest BCUT2D eigenvalue weighted by molar-refractivity contribution is 6.30. The summed E-state index contributed by atoms with van der Waals surface area (Å²) in [6, 6.07) is 20.9. The van der Waals surface area contributed by atoms with Crippen molar-refractivity contribution in [3.05, 3.63) is 99.7 Å². The van der Waals surface area contributed by atoms with Gasteiger partial charge >= 0.3 is 5.97 Å². The smallest absolute Gasteiger partial charge is 0.343 e. The second kappa shape index (κ2) is 13.8. The number of methoxy groups -OCH3 is 1. The van der Waals surface area contributed by atoms with Crippen LogP contribution in [0.3, 0.4) is 0 Å². The zero-order valence-electron chi connectivity index (χ0n) is 21.8. The monoisotopic (exact) mass is 570 g/mol. The number of ether oxygens (including phenoxy) is 3. The van der Waals surface area contributed by atoms with E-state index in [1.807, 2.05) is 60.8 Å². The number of halogens is 2. The van der Waals surface area contributed by atoms with Crippen molar-refractivity contribution in [1.29, 1.82) is 0 Å². The predicted octanol–water partition coefficient (Wildman–Crippen LogP) is 6.04. The van der Waals surface area contributed by atoms with E-state index in [9.17, 15) is 9.90 Å². The first-order chi connectivity index (χ1) is 18.8. The maximum absolute atomic E-state index is 11.3. The third-order valence-corrected chi connectivity index (χ3v) is 6.78. The number of fused-ring (bicyclic) bond motifs is 1. The van der Waals surface area contributed by atoms with Gasteiger partial charge in [-0.3, -0.25) is 0 Å². The Hall–Kier alpha value is -3.07. The SMILES string of the molecule is COC(=O)COc1cccc2c(CC(C)NC[C@H](O)c3cccc(Cl)c3)c[nH]c12.Clc1cccc([C@@H]2CO2)c1. The molecule has 0 amide bonds. The minimum Gasteiger partial charge on any atom is -0.480 e. The van der Waals surface area contributed by atoms with Gasteiger partial charge in [0.2, 0.25) is 0 Å². The van der Waals surface area contributed by atoms with Crippen molar-refractivity contribution < 1.29 is 24.1 Å². The van der Waals surface area contributed by atoms with Crippen LogP contribution < -0.4 is 10.1 Å². The van der Waals surface area contributed by atoms with Crippen LogP contribution in [0.4, 0.5) is 0 Å². The lowest BCUT2D eigenvalue weighted by Gasteiger charge is -2.17. The van der Waals surface area contributed by atoms with Crippen LogP contribution in [0.15, 0.2) is 72.9 Å². The molecular weight excluding hydrogens is 539 g/mol. The van der Waals surface area contributed by atoms with Crippen molar-refractivity contribution in [2.75, 3.05) is 26.9 Å². The molecule has 0 saturated carbocycles. The van der Waals surface area contributed by atoms with Gasteiger partial charge in [0.05, 0.1) is 25.3 Å². The van der Waals surface area contributed by atoms with Gasteiger partial charge in [-0.2, -0.15) is 0 Å². The molecule has 5 rings (SSSR count). The zero-order chi connectivity index (χ0) is 27.8. The lowest BCUT2D eigenvalue weighted by molar-refractivity contribution is -0.142. The highest BCUT2D eigenvalue weighted by atomic mass is 35.5. The Balaban J connectivity index is 0.000000292. The molecule has 39 heavy (non-hydrogen) atoms. The molecule has 4 aromatic rings. The van der Waals surface area contributed by atoms with Crippen molar-refractivity contribution in [2.45, 2.75) is 31.6 Å². The molecule has 1 aliphatic heterocycles. The summed E-state index contributed by atoms with van der Waals surface area (Å²) in [5.41, 5.74) is 3.95. The molecule has 3 aromatic carbocycles. The van der Waals surface area contributed by atoms with Crippen LogP contribution in [-0.2, 0) is 20.7 Å². The van der Waals surface area contributed by atoms with Gasteiger partial charge in [0, 0.05) is 34.2 Å². The summed E-state index contributed by atoms with van der Waals surface area (Å²) in [6.07, 6.45) is 2.40. The summed E-state index contributed by atoms with van der Waals surface area (Å²) >= 11 is 11.8. The van der Waals surface area contributed by atoms with Crippen molar-refractivity contribution >= 4 is 40.1 Å². The summed E-state index contributed by atoms with van der Waals surface area (Å²) in [6.45, 7) is 3.21. The Morgan fingerprint density at radius 1 is 1.13 bits per heavy atom. The molecule has 2 heterocycles.